The van der Waals surface area contributed by atoms with E-state index in [1.807, 2.05) is 24.3 Å². The van der Waals surface area contributed by atoms with Gasteiger partial charge in [-0.15, -0.1) is 0 Å². The Kier molecular flexibility index (Phi) is 6.51. The van der Waals surface area contributed by atoms with E-state index >= 15 is 0 Å². The molecule has 39 heavy (non-hydrogen) atoms. The maximum atomic E-state index is 14.5. The predicted molar refractivity (Wildman–Crippen MR) is 150 cm³/mol. The zero-order valence-electron chi connectivity index (χ0n) is 21.8. The summed E-state index contributed by atoms with van der Waals surface area (Å²) in [4.78, 5) is 13.8. The van der Waals surface area contributed by atoms with Gasteiger partial charge in [0.15, 0.2) is 0 Å². The van der Waals surface area contributed by atoms with E-state index in [1.54, 1.807) is 30.1 Å². The number of methoxy groups -OCH3 is 1. The van der Waals surface area contributed by atoms with Crippen molar-refractivity contribution in [3.63, 3.8) is 0 Å². The number of hydrogen-bond donors (Lipinski definition) is 2. The third-order valence-corrected chi connectivity index (χ3v) is 9.00. The molecule has 2 fully saturated rings. The fourth-order valence-corrected chi connectivity index (χ4v) is 6.12. The minimum atomic E-state index is -3.60. The molecule has 0 bridgehead atoms. The molecule has 2 N–H and O–H groups in total. The number of anilines is 4. The van der Waals surface area contributed by atoms with E-state index in [9.17, 15) is 12.8 Å². The minimum Gasteiger partial charge on any atom is -0.495 e. The number of ether oxygens (including phenoxy) is 1. The normalized spacial score (nSPS) is 16.4. The lowest BCUT2D eigenvalue weighted by Gasteiger charge is -2.34. The van der Waals surface area contributed by atoms with Gasteiger partial charge in [-0.1, -0.05) is 0 Å². The van der Waals surface area contributed by atoms with Crippen LogP contribution in [0.3, 0.4) is 0 Å². The van der Waals surface area contributed by atoms with Crippen molar-refractivity contribution < 1.29 is 17.5 Å². The van der Waals surface area contributed by atoms with Crippen LogP contribution in [0.1, 0.15) is 12.8 Å². The number of nitrogens with zero attached hydrogens (tertiary/aromatic N) is 5. The monoisotopic (exact) mass is 551 g/mol. The molecule has 1 saturated heterocycles. The fraction of sp³-hybridized carbons (Fsp3) is 0.333. The Morgan fingerprint density at radius 2 is 1.85 bits per heavy atom. The van der Waals surface area contributed by atoms with Crippen LogP contribution in [0.15, 0.2) is 54.9 Å². The Hall–Kier alpha value is -3.90. The van der Waals surface area contributed by atoms with Gasteiger partial charge < -0.3 is 24.4 Å². The second-order valence-electron chi connectivity index (χ2n) is 9.97. The number of fused-ring (bicyclic) bond motifs is 1. The zero-order valence-corrected chi connectivity index (χ0v) is 22.6. The van der Waals surface area contributed by atoms with Crippen LogP contribution in [0.25, 0.3) is 16.7 Å². The van der Waals surface area contributed by atoms with E-state index in [0.29, 0.717) is 30.1 Å². The van der Waals surface area contributed by atoms with Crippen LogP contribution in [0.4, 0.5) is 27.4 Å². The van der Waals surface area contributed by atoms with Crippen molar-refractivity contribution >= 4 is 44.1 Å². The highest BCUT2D eigenvalue weighted by Gasteiger charge is 2.36. The first-order valence-electron chi connectivity index (χ1n) is 12.8. The average molecular weight is 552 g/mol. The van der Waals surface area contributed by atoms with Crippen LogP contribution in [-0.4, -0.2) is 73.4 Å². The Labute approximate surface area is 226 Å². The van der Waals surface area contributed by atoms with E-state index in [0.717, 1.165) is 48.7 Å². The van der Waals surface area contributed by atoms with Gasteiger partial charge in [-0.3, -0.25) is 4.72 Å². The van der Waals surface area contributed by atoms with Gasteiger partial charge in [0.25, 0.3) is 0 Å². The third kappa shape index (κ3) is 5.21. The molecular weight excluding hydrogens is 521 g/mol. The highest BCUT2D eigenvalue weighted by atomic mass is 32.2. The Morgan fingerprint density at radius 3 is 2.59 bits per heavy atom. The number of hydrogen-bond acceptors (Lipinski definition) is 8. The van der Waals surface area contributed by atoms with Gasteiger partial charge in [-0.2, -0.15) is 4.98 Å². The molecule has 0 spiro atoms. The van der Waals surface area contributed by atoms with Crippen molar-refractivity contribution in [3.05, 3.63) is 60.7 Å². The van der Waals surface area contributed by atoms with Gasteiger partial charge in [-0.05, 0) is 56.3 Å². The third-order valence-electron chi connectivity index (χ3n) is 7.15. The zero-order chi connectivity index (χ0) is 27.1. The Bertz CT molecular complexity index is 1630. The van der Waals surface area contributed by atoms with Crippen LogP contribution in [-0.2, 0) is 10.0 Å². The summed E-state index contributed by atoms with van der Waals surface area (Å²) >= 11 is 0. The van der Waals surface area contributed by atoms with E-state index in [4.69, 9.17) is 9.72 Å². The van der Waals surface area contributed by atoms with Crippen LogP contribution >= 0.6 is 0 Å². The molecule has 0 amide bonds. The van der Waals surface area contributed by atoms with Crippen molar-refractivity contribution in [2.24, 2.45) is 0 Å². The van der Waals surface area contributed by atoms with E-state index in [2.05, 4.69) is 31.9 Å². The largest absolute Gasteiger partial charge is 0.495 e. The fourth-order valence-electron chi connectivity index (χ4n) is 4.74. The second kappa shape index (κ2) is 10.0. The molecule has 1 saturated carbocycles. The summed E-state index contributed by atoms with van der Waals surface area (Å²) in [5.74, 6) is 0.514. The second-order valence-corrected chi connectivity index (χ2v) is 11.9. The number of aromatic nitrogens is 3. The van der Waals surface area contributed by atoms with Gasteiger partial charge >= 0.3 is 0 Å². The first kappa shape index (κ1) is 25.4. The molecule has 0 unspecified atom stereocenters. The predicted octanol–water partition coefficient (Wildman–Crippen LogP) is 3.97. The van der Waals surface area contributed by atoms with E-state index in [-0.39, 0.29) is 5.69 Å². The number of benzene rings is 2. The summed E-state index contributed by atoms with van der Waals surface area (Å²) in [7, 11) is 0.187. The summed E-state index contributed by atoms with van der Waals surface area (Å²) < 4.78 is 49.1. The number of likely N-dealkylation sites (N-methyl/N-ethyl adjacent to an activating group) is 1. The van der Waals surface area contributed by atoms with Crippen molar-refractivity contribution in [1.29, 1.82) is 0 Å². The van der Waals surface area contributed by atoms with Crippen molar-refractivity contribution in [2.75, 3.05) is 55.3 Å². The van der Waals surface area contributed by atoms with Gasteiger partial charge in [0.2, 0.25) is 16.0 Å². The SMILES string of the molecule is COc1cc(Nc2ncc3ccn(-c4ccc(F)c(NS(=O)(=O)C5CC5)c4)c3n2)ccc1N1CCN(C)CC1. The molecule has 3 heterocycles. The number of nitrogens with one attached hydrogen (secondary N) is 2. The Morgan fingerprint density at radius 1 is 1.05 bits per heavy atom. The number of halogens is 1. The lowest BCUT2D eigenvalue weighted by atomic mass is 10.2. The van der Waals surface area contributed by atoms with Gasteiger partial charge in [0, 0.05) is 61.4 Å². The summed E-state index contributed by atoms with van der Waals surface area (Å²) in [5.41, 5.74) is 2.91. The molecule has 2 aromatic carbocycles. The van der Waals surface area contributed by atoms with E-state index in [1.165, 1.54) is 12.1 Å². The maximum Gasteiger partial charge on any atom is 0.235 e. The van der Waals surface area contributed by atoms with Gasteiger partial charge in [0.05, 0.1) is 23.7 Å². The maximum absolute atomic E-state index is 14.5. The highest BCUT2D eigenvalue weighted by Crippen LogP contribution is 2.34. The number of sulfonamides is 1. The molecule has 4 aromatic rings. The molecule has 1 aliphatic carbocycles. The van der Waals surface area contributed by atoms with Crippen molar-refractivity contribution in [3.8, 4) is 11.4 Å². The molecule has 204 valence electrons. The first-order valence-corrected chi connectivity index (χ1v) is 14.4. The molecule has 0 atom stereocenters. The van der Waals surface area contributed by atoms with Crippen LogP contribution in [0.5, 0.6) is 5.75 Å². The van der Waals surface area contributed by atoms with Crippen molar-refractivity contribution in [2.45, 2.75) is 18.1 Å². The molecule has 6 rings (SSSR count). The average Bonchev–Trinajstić information content (AvgIpc) is 3.72. The molecule has 2 aliphatic rings. The van der Waals surface area contributed by atoms with Gasteiger partial charge in [-0.25, -0.2) is 17.8 Å². The van der Waals surface area contributed by atoms with E-state index < -0.39 is 21.1 Å². The summed E-state index contributed by atoms with van der Waals surface area (Å²) in [6.07, 6.45) is 4.69. The Balaban J connectivity index is 1.27. The quantitative estimate of drug-likeness (QED) is 0.339. The molecule has 1 aliphatic heterocycles. The molecule has 10 nitrogen and oxygen atoms in total. The molecule has 12 heteroatoms. The summed E-state index contributed by atoms with van der Waals surface area (Å²) in [6.45, 7) is 3.87. The van der Waals surface area contributed by atoms with Crippen molar-refractivity contribution in [1.82, 2.24) is 19.4 Å². The highest BCUT2D eigenvalue weighted by molar-refractivity contribution is 7.93. The number of rotatable bonds is 8. The van der Waals surface area contributed by atoms with Crippen LogP contribution in [0, 0.1) is 5.82 Å². The summed E-state index contributed by atoms with van der Waals surface area (Å²) in [5, 5.41) is 3.58. The van der Waals surface area contributed by atoms with Gasteiger partial charge in [0.1, 0.15) is 17.2 Å². The summed E-state index contributed by atoms with van der Waals surface area (Å²) in [6, 6.07) is 12.1. The number of piperazine rings is 1. The lowest BCUT2D eigenvalue weighted by Crippen LogP contribution is -2.44. The molecule has 0 radical (unpaired) electrons. The smallest absolute Gasteiger partial charge is 0.235 e. The van der Waals surface area contributed by atoms with Crippen LogP contribution < -0.4 is 19.7 Å². The minimum absolute atomic E-state index is 0.0822. The lowest BCUT2D eigenvalue weighted by molar-refractivity contribution is 0.311. The first-order chi connectivity index (χ1) is 18.8. The van der Waals surface area contributed by atoms with Crippen LogP contribution in [0.2, 0.25) is 0 Å². The molecular formula is C27H30FN7O3S. The topological polar surface area (TPSA) is 105 Å². The standard InChI is InChI=1S/C27H30FN7O3S/c1-33-11-13-34(14-12-33)24-8-3-19(15-25(24)38-2)30-27-29-17-18-9-10-35(26(18)31-27)20-4-7-22(28)23(16-20)32-39(36,37)21-5-6-21/h3-4,7-10,15-17,21,32H,5-6,11-14H2,1-2H3,(H,29,30,31). The molecule has 2 aromatic heterocycles.